The van der Waals surface area contributed by atoms with E-state index in [0.717, 1.165) is 13.0 Å². The van der Waals surface area contributed by atoms with Crippen LogP contribution in [0.5, 0.6) is 0 Å². The number of anilines is 1. The molecule has 1 saturated heterocycles. The monoisotopic (exact) mass is 347 g/mol. The molecule has 0 radical (unpaired) electrons. The summed E-state index contributed by atoms with van der Waals surface area (Å²) in [5, 5.41) is 10.3. The highest BCUT2D eigenvalue weighted by Crippen LogP contribution is 2.29. The van der Waals surface area contributed by atoms with E-state index >= 15 is 0 Å². The van der Waals surface area contributed by atoms with Crippen molar-refractivity contribution in [3.8, 4) is 0 Å². The molecule has 0 aromatic carbocycles. The largest absolute Gasteiger partial charge is 0.366 e. The zero-order chi connectivity index (χ0) is 17.9. The summed E-state index contributed by atoms with van der Waals surface area (Å²) in [7, 11) is 0. The van der Waals surface area contributed by atoms with E-state index in [4.69, 9.17) is 0 Å². The first kappa shape index (κ1) is 17.2. The minimum absolute atomic E-state index is 0.285. The fourth-order valence-corrected chi connectivity index (χ4v) is 2.96. The number of pyridine rings is 1. The lowest BCUT2D eigenvalue weighted by Gasteiger charge is -2.34. The molecule has 6 nitrogen and oxygen atoms in total. The molecular formula is C17H19F2N5O. The lowest BCUT2D eigenvalue weighted by molar-refractivity contribution is -0.148. The molecule has 1 atom stereocenters. The van der Waals surface area contributed by atoms with Gasteiger partial charge in [0.05, 0.1) is 0 Å². The molecule has 0 aliphatic carbocycles. The van der Waals surface area contributed by atoms with Crippen LogP contribution in [0.3, 0.4) is 0 Å². The fourth-order valence-electron chi connectivity index (χ4n) is 2.96. The van der Waals surface area contributed by atoms with Crippen molar-refractivity contribution in [3.63, 3.8) is 0 Å². The van der Waals surface area contributed by atoms with Gasteiger partial charge in [-0.2, -0.15) is 13.9 Å². The highest BCUT2D eigenvalue weighted by atomic mass is 19.3. The Morgan fingerprint density at radius 3 is 2.84 bits per heavy atom. The molecule has 8 heteroatoms. The van der Waals surface area contributed by atoms with Gasteiger partial charge < -0.3 is 10.2 Å². The topological polar surface area (TPSA) is 71.0 Å². The third-order valence-corrected chi connectivity index (χ3v) is 4.23. The molecule has 2 aromatic heterocycles. The van der Waals surface area contributed by atoms with E-state index in [1.807, 2.05) is 11.0 Å². The molecule has 0 saturated carbocycles. The second-order valence-corrected chi connectivity index (χ2v) is 6.08. The zero-order valence-electron chi connectivity index (χ0n) is 13.8. The summed E-state index contributed by atoms with van der Waals surface area (Å²) in [4.78, 5) is 17.8. The smallest absolute Gasteiger partial charge is 0.353 e. The SMILES string of the molecule is Cc1cccnc1C(F)(F)C(=O)N[C@@H]1CCCN(c2cccnn2)C1. The molecular weight excluding hydrogens is 328 g/mol. The number of hydrogen-bond acceptors (Lipinski definition) is 5. The Balaban J connectivity index is 1.69. The second kappa shape index (κ2) is 7.08. The number of amides is 1. The average Bonchev–Trinajstić information content (AvgIpc) is 2.63. The number of hydrogen-bond donors (Lipinski definition) is 1. The number of alkyl halides is 2. The van der Waals surface area contributed by atoms with Gasteiger partial charge in [0, 0.05) is 31.5 Å². The van der Waals surface area contributed by atoms with Crippen LogP contribution in [0, 0.1) is 6.92 Å². The maximum atomic E-state index is 14.5. The van der Waals surface area contributed by atoms with E-state index in [0.29, 0.717) is 18.8 Å². The standard InChI is InChI=1S/C17H19F2N5O/c1-12-5-2-8-20-15(12)17(18,19)16(25)22-13-6-4-10-24(11-13)14-7-3-9-21-23-14/h2-3,5,7-9,13H,4,6,10-11H2,1H3,(H,22,25)/t13-/m1/s1. The van der Waals surface area contributed by atoms with Crippen LogP contribution in [0.1, 0.15) is 24.1 Å². The van der Waals surface area contributed by atoms with Crippen LogP contribution in [0.15, 0.2) is 36.7 Å². The van der Waals surface area contributed by atoms with Crippen LogP contribution in [0.4, 0.5) is 14.6 Å². The van der Waals surface area contributed by atoms with Gasteiger partial charge in [0.2, 0.25) is 0 Å². The molecule has 1 aliphatic heterocycles. The van der Waals surface area contributed by atoms with Gasteiger partial charge in [0.15, 0.2) is 5.82 Å². The van der Waals surface area contributed by atoms with Crippen molar-refractivity contribution in [2.45, 2.75) is 31.7 Å². The summed E-state index contributed by atoms with van der Waals surface area (Å²) in [5.41, 5.74) is -0.221. The Hall–Kier alpha value is -2.64. The molecule has 132 valence electrons. The Morgan fingerprint density at radius 2 is 2.12 bits per heavy atom. The number of carbonyl (C=O) groups excluding carboxylic acids is 1. The molecule has 1 N–H and O–H groups in total. The third kappa shape index (κ3) is 3.72. The molecule has 0 unspecified atom stereocenters. The summed E-state index contributed by atoms with van der Waals surface area (Å²) in [6, 6.07) is 6.27. The summed E-state index contributed by atoms with van der Waals surface area (Å²) >= 11 is 0. The van der Waals surface area contributed by atoms with Gasteiger partial charge in [-0.05, 0) is 43.5 Å². The molecule has 25 heavy (non-hydrogen) atoms. The minimum atomic E-state index is -3.67. The number of halogens is 2. The Labute approximate surface area is 144 Å². The molecule has 1 fully saturated rings. The molecule has 2 aromatic rings. The van der Waals surface area contributed by atoms with Gasteiger partial charge in [0.1, 0.15) is 5.69 Å². The number of nitrogens with one attached hydrogen (secondary N) is 1. The molecule has 1 aliphatic rings. The summed E-state index contributed by atoms with van der Waals surface area (Å²) in [6.45, 7) is 2.68. The van der Waals surface area contributed by atoms with Gasteiger partial charge in [-0.1, -0.05) is 6.07 Å². The molecule has 3 heterocycles. The number of nitrogens with zero attached hydrogens (tertiary/aromatic N) is 4. The Morgan fingerprint density at radius 1 is 1.32 bits per heavy atom. The van der Waals surface area contributed by atoms with E-state index in [9.17, 15) is 13.6 Å². The summed E-state index contributed by atoms with van der Waals surface area (Å²) in [5.74, 6) is -4.31. The zero-order valence-corrected chi connectivity index (χ0v) is 13.8. The maximum Gasteiger partial charge on any atom is 0.366 e. The Kier molecular flexibility index (Phi) is 4.87. The van der Waals surface area contributed by atoms with E-state index in [1.54, 1.807) is 18.3 Å². The lowest BCUT2D eigenvalue weighted by atomic mass is 10.0. The predicted molar refractivity (Wildman–Crippen MR) is 88.3 cm³/mol. The van der Waals surface area contributed by atoms with E-state index in [2.05, 4.69) is 20.5 Å². The molecule has 0 spiro atoms. The minimum Gasteiger partial charge on any atom is -0.353 e. The molecule has 0 bridgehead atoms. The van der Waals surface area contributed by atoms with Gasteiger partial charge >= 0.3 is 5.92 Å². The Bertz CT molecular complexity index is 741. The molecule has 3 rings (SSSR count). The first-order chi connectivity index (χ1) is 12.0. The van der Waals surface area contributed by atoms with Crippen LogP contribution >= 0.6 is 0 Å². The average molecular weight is 347 g/mol. The third-order valence-electron chi connectivity index (χ3n) is 4.23. The molecule has 1 amide bonds. The van der Waals surface area contributed by atoms with Crippen LogP contribution in [0.2, 0.25) is 0 Å². The maximum absolute atomic E-state index is 14.5. The van der Waals surface area contributed by atoms with Crippen molar-refractivity contribution in [3.05, 3.63) is 47.9 Å². The van der Waals surface area contributed by atoms with Crippen molar-refractivity contribution in [1.82, 2.24) is 20.5 Å². The number of aromatic nitrogens is 3. The van der Waals surface area contributed by atoms with Crippen molar-refractivity contribution < 1.29 is 13.6 Å². The predicted octanol–water partition coefficient (Wildman–Crippen LogP) is 2.06. The fraction of sp³-hybridized carbons (Fsp3) is 0.412. The lowest BCUT2D eigenvalue weighted by Crippen LogP contribution is -2.51. The van der Waals surface area contributed by atoms with Crippen molar-refractivity contribution >= 4 is 11.7 Å². The van der Waals surface area contributed by atoms with Crippen LogP contribution < -0.4 is 10.2 Å². The van der Waals surface area contributed by atoms with Crippen LogP contribution in [0.25, 0.3) is 0 Å². The number of piperidine rings is 1. The highest BCUT2D eigenvalue weighted by molar-refractivity contribution is 5.85. The number of rotatable bonds is 4. The van der Waals surface area contributed by atoms with Gasteiger partial charge in [-0.3, -0.25) is 9.78 Å². The highest BCUT2D eigenvalue weighted by Gasteiger charge is 2.44. The van der Waals surface area contributed by atoms with Crippen molar-refractivity contribution in [1.29, 1.82) is 0 Å². The quantitative estimate of drug-likeness (QED) is 0.917. The summed E-state index contributed by atoms with van der Waals surface area (Å²) in [6.07, 6.45) is 4.25. The normalized spacial score (nSPS) is 18.0. The number of carbonyl (C=O) groups is 1. The van der Waals surface area contributed by atoms with E-state index in [1.165, 1.54) is 19.2 Å². The first-order valence-electron chi connectivity index (χ1n) is 8.12. The van der Waals surface area contributed by atoms with E-state index in [-0.39, 0.29) is 11.6 Å². The van der Waals surface area contributed by atoms with Crippen molar-refractivity contribution in [2.75, 3.05) is 18.0 Å². The van der Waals surface area contributed by atoms with Gasteiger partial charge in [-0.25, -0.2) is 0 Å². The second-order valence-electron chi connectivity index (χ2n) is 6.08. The van der Waals surface area contributed by atoms with Gasteiger partial charge in [0.25, 0.3) is 5.91 Å². The van der Waals surface area contributed by atoms with Crippen LogP contribution in [-0.4, -0.2) is 40.2 Å². The first-order valence-corrected chi connectivity index (χ1v) is 8.12. The van der Waals surface area contributed by atoms with Crippen molar-refractivity contribution in [2.24, 2.45) is 0 Å². The van der Waals surface area contributed by atoms with Crippen LogP contribution in [-0.2, 0) is 10.7 Å². The van der Waals surface area contributed by atoms with E-state index < -0.39 is 17.5 Å². The van der Waals surface area contributed by atoms with Gasteiger partial charge in [-0.15, -0.1) is 5.10 Å². The summed E-state index contributed by atoms with van der Waals surface area (Å²) < 4.78 is 28.9. The number of aryl methyl sites for hydroxylation is 1.